The highest BCUT2D eigenvalue weighted by molar-refractivity contribution is 5.91. The van der Waals surface area contributed by atoms with E-state index in [0.29, 0.717) is 0 Å². The Balaban J connectivity index is 2.13. The summed E-state index contributed by atoms with van der Waals surface area (Å²) < 4.78 is 5.49. The first-order valence-corrected chi connectivity index (χ1v) is 5.60. The molecule has 0 unspecified atom stereocenters. The van der Waals surface area contributed by atoms with Crippen LogP contribution in [0.3, 0.4) is 0 Å². The van der Waals surface area contributed by atoms with E-state index in [4.69, 9.17) is 4.42 Å². The lowest BCUT2D eigenvalue weighted by molar-refractivity contribution is 0.507. The van der Waals surface area contributed by atoms with Gasteiger partial charge >= 0.3 is 0 Å². The number of para-hydroxylation sites is 1. The number of fused-ring (bicyclic) bond motifs is 5. The smallest absolute Gasteiger partial charge is 0.113 e. The lowest BCUT2D eigenvalue weighted by Gasteiger charge is -2.10. The maximum atomic E-state index is 5.49. The Kier molecular flexibility index (Phi) is 1.43. The van der Waals surface area contributed by atoms with E-state index >= 15 is 0 Å². The molecule has 2 aromatic heterocycles. The fourth-order valence-electron chi connectivity index (χ4n) is 2.69. The molecule has 2 nitrogen and oxygen atoms in total. The molecule has 1 aliphatic rings. The van der Waals surface area contributed by atoms with E-state index in [2.05, 4.69) is 35.3 Å². The molecule has 2 heterocycles. The third kappa shape index (κ3) is 0.915. The number of H-pyrrole nitrogens is 1. The van der Waals surface area contributed by atoms with Gasteiger partial charge in [-0.15, -0.1) is 0 Å². The molecular weight excluding hydrogens is 198 g/mol. The lowest BCUT2D eigenvalue weighted by Crippen LogP contribution is -1.99. The number of aromatic amines is 1. The predicted molar refractivity (Wildman–Crippen MR) is 63.4 cm³/mol. The molecule has 0 atom stereocenters. The molecular formula is C14H11NO. The summed E-state index contributed by atoms with van der Waals surface area (Å²) in [5, 5.41) is 1.35. The van der Waals surface area contributed by atoms with Crippen LogP contribution in [0.5, 0.6) is 0 Å². The molecule has 0 fully saturated rings. The zero-order valence-electron chi connectivity index (χ0n) is 8.79. The summed E-state index contributed by atoms with van der Waals surface area (Å²) in [4.78, 5) is 3.50. The van der Waals surface area contributed by atoms with Gasteiger partial charge in [-0.3, -0.25) is 0 Å². The molecule has 1 aromatic carbocycles. The second-order valence-corrected chi connectivity index (χ2v) is 4.28. The van der Waals surface area contributed by atoms with Crippen LogP contribution in [0.15, 0.2) is 41.0 Å². The summed E-state index contributed by atoms with van der Waals surface area (Å²) in [7, 11) is 0. The summed E-state index contributed by atoms with van der Waals surface area (Å²) in [5.74, 6) is 1.11. The quantitative estimate of drug-likeness (QED) is 0.603. The van der Waals surface area contributed by atoms with Gasteiger partial charge in [-0.2, -0.15) is 0 Å². The number of hydrogen-bond donors (Lipinski definition) is 1. The van der Waals surface area contributed by atoms with Gasteiger partial charge in [-0.05, 0) is 24.1 Å². The number of nitrogens with one attached hydrogen (secondary N) is 1. The Morgan fingerprint density at radius 1 is 1.06 bits per heavy atom. The summed E-state index contributed by atoms with van der Waals surface area (Å²) in [5.41, 5.74) is 5.14. The molecule has 1 N–H and O–H groups in total. The standard InChI is InChI=1S/C14H11NO/c1-2-4-12-9(3-1)10-5-6-13-11(7-8-16-13)14(10)15-12/h1-4,7-8,15H,5-6H2. The van der Waals surface area contributed by atoms with Gasteiger partial charge in [-0.1, -0.05) is 18.2 Å². The first kappa shape index (κ1) is 8.22. The van der Waals surface area contributed by atoms with E-state index < -0.39 is 0 Å². The molecule has 78 valence electrons. The highest BCUT2D eigenvalue weighted by Gasteiger charge is 2.22. The Morgan fingerprint density at radius 3 is 3.00 bits per heavy atom. The van der Waals surface area contributed by atoms with Crippen molar-refractivity contribution in [2.45, 2.75) is 12.8 Å². The third-order valence-corrected chi connectivity index (χ3v) is 3.43. The maximum absolute atomic E-state index is 5.49. The van der Waals surface area contributed by atoms with Gasteiger partial charge in [0.1, 0.15) is 5.76 Å². The van der Waals surface area contributed by atoms with E-state index in [9.17, 15) is 0 Å². The van der Waals surface area contributed by atoms with Crippen molar-refractivity contribution in [3.63, 3.8) is 0 Å². The molecule has 0 aliphatic heterocycles. The zero-order valence-corrected chi connectivity index (χ0v) is 8.79. The van der Waals surface area contributed by atoms with Crippen molar-refractivity contribution in [1.29, 1.82) is 0 Å². The molecule has 0 spiro atoms. The van der Waals surface area contributed by atoms with E-state index in [0.717, 1.165) is 18.6 Å². The van der Waals surface area contributed by atoms with Gasteiger partial charge in [0.2, 0.25) is 0 Å². The molecule has 2 heteroatoms. The molecule has 3 aromatic rings. The molecule has 0 saturated carbocycles. The monoisotopic (exact) mass is 209 g/mol. The summed E-state index contributed by atoms with van der Waals surface area (Å²) >= 11 is 0. The lowest BCUT2D eigenvalue weighted by atomic mass is 9.94. The minimum absolute atomic E-state index is 1.01. The van der Waals surface area contributed by atoms with Crippen LogP contribution in [0, 0.1) is 0 Å². The van der Waals surface area contributed by atoms with Crippen molar-refractivity contribution >= 4 is 10.9 Å². The maximum Gasteiger partial charge on any atom is 0.113 e. The van der Waals surface area contributed by atoms with Crippen LogP contribution in [-0.4, -0.2) is 4.98 Å². The van der Waals surface area contributed by atoms with E-state index in [1.807, 2.05) is 0 Å². The van der Waals surface area contributed by atoms with Gasteiger partial charge in [-0.25, -0.2) is 0 Å². The van der Waals surface area contributed by atoms with Crippen molar-refractivity contribution in [3.8, 4) is 11.3 Å². The Labute approximate surface area is 92.9 Å². The van der Waals surface area contributed by atoms with Gasteiger partial charge in [0.15, 0.2) is 0 Å². The summed E-state index contributed by atoms with van der Waals surface area (Å²) in [6, 6.07) is 10.5. The Bertz CT molecular complexity index is 675. The number of furan rings is 1. The van der Waals surface area contributed by atoms with E-state index in [-0.39, 0.29) is 0 Å². The van der Waals surface area contributed by atoms with Crippen molar-refractivity contribution < 1.29 is 4.42 Å². The fourth-order valence-corrected chi connectivity index (χ4v) is 2.69. The average Bonchev–Trinajstić information content (AvgIpc) is 2.92. The molecule has 0 saturated heterocycles. The number of hydrogen-bond acceptors (Lipinski definition) is 1. The second kappa shape index (κ2) is 2.79. The van der Waals surface area contributed by atoms with Crippen LogP contribution in [0.4, 0.5) is 0 Å². The topological polar surface area (TPSA) is 28.9 Å². The van der Waals surface area contributed by atoms with Crippen LogP contribution in [-0.2, 0) is 12.8 Å². The predicted octanol–water partition coefficient (Wildman–Crippen LogP) is 3.53. The van der Waals surface area contributed by atoms with Crippen molar-refractivity contribution in [2.24, 2.45) is 0 Å². The first-order valence-electron chi connectivity index (χ1n) is 5.60. The summed E-state index contributed by atoms with van der Waals surface area (Å²) in [6.45, 7) is 0. The van der Waals surface area contributed by atoms with Crippen molar-refractivity contribution in [1.82, 2.24) is 4.98 Å². The van der Waals surface area contributed by atoms with Crippen LogP contribution in [0.1, 0.15) is 11.3 Å². The number of rotatable bonds is 0. The summed E-state index contributed by atoms with van der Waals surface area (Å²) in [6.07, 6.45) is 3.86. The second-order valence-electron chi connectivity index (χ2n) is 4.28. The minimum atomic E-state index is 1.01. The largest absolute Gasteiger partial charge is 0.469 e. The van der Waals surface area contributed by atoms with Crippen LogP contribution >= 0.6 is 0 Å². The number of aryl methyl sites for hydroxylation is 2. The zero-order chi connectivity index (χ0) is 10.5. The van der Waals surface area contributed by atoms with Crippen LogP contribution in [0.25, 0.3) is 22.2 Å². The van der Waals surface area contributed by atoms with Crippen molar-refractivity contribution in [2.75, 3.05) is 0 Å². The average molecular weight is 209 g/mol. The molecule has 16 heavy (non-hydrogen) atoms. The minimum Gasteiger partial charge on any atom is -0.469 e. The molecule has 0 bridgehead atoms. The Hall–Kier alpha value is -1.96. The van der Waals surface area contributed by atoms with Gasteiger partial charge in [0.05, 0.1) is 12.0 Å². The highest BCUT2D eigenvalue weighted by atomic mass is 16.3. The number of benzene rings is 1. The molecule has 4 rings (SSSR count). The van der Waals surface area contributed by atoms with Crippen molar-refractivity contribution in [3.05, 3.63) is 47.9 Å². The molecule has 1 aliphatic carbocycles. The Morgan fingerprint density at radius 2 is 2.00 bits per heavy atom. The molecule has 0 amide bonds. The third-order valence-electron chi connectivity index (χ3n) is 3.43. The van der Waals surface area contributed by atoms with Crippen LogP contribution in [0.2, 0.25) is 0 Å². The van der Waals surface area contributed by atoms with Crippen LogP contribution < -0.4 is 0 Å². The van der Waals surface area contributed by atoms with Gasteiger partial charge in [0, 0.05) is 22.9 Å². The first-order chi connectivity index (χ1) is 7.93. The molecule has 0 radical (unpaired) electrons. The fraction of sp³-hybridized carbons (Fsp3) is 0.143. The normalized spacial score (nSPS) is 13.8. The van der Waals surface area contributed by atoms with Gasteiger partial charge in [0.25, 0.3) is 0 Å². The highest BCUT2D eigenvalue weighted by Crippen LogP contribution is 2.37. The number of aromatic nitrogens is 1. The van der Waals surface area contributed by atoms with E-state index in [1.54, 1.807) is 6.26 Å². The van der Waals surface area contributed by atoms with Gasteiger partial charge < -0.3 is 9.40 Å². The van der Waals surface area contributed by atoms with E-state index in [1.165, 1.54) is 27.7 Å². The SMILES string of the molecule is c1ccc2c3c([nH]c2c1)-c1ccoc1CC3.